The Morgan fingerprint density at radius 3 is 2.56 bits per heavy atom. The summed E-state index contributed by atoms with van der Waals surface area (Å²) in [6.07, 6.45) is 4.33. The molecule has 0 spiro atoms. The number of anilines is 1. The van der Waals surface area contributed by atoms with Crippen LogP contribution in [0.15, 0.2) is 53.4 Å². The van der Waals surface area contributed by atoms with Crippen molar-refractivity contribution >= 4 is 48.5 Å². The van der Waals surface area contributed by atoms with Gasteiger partial charge in [-0.1, -0.05) is 41.2 Å². The largest absolute Gasteiger partial charge is 0.298 e. The molecule has 0 saturated carbocycles. The Labute approximate surface area is 150 Å². The number of rotatable bonds is 4. The number of hydrogen-bond acceptors (Lipinski definition) is 5. The summed E-state index contributed by atoms with van der Waals surface area (Å²) in [5.41, 5.74) is 2.74. The van der Waals surface area contributed by atoms with Crippen LogP contribution in [0, 0.1) is 6.92 Å². The van der Waals surface area contributed by atoms with Gasteiger partial charge in [0.05, 0.1) is 15.1 Å². The SMILES string of the molecule is Cc1ccc(/C=C/C(=O)Nc2nc3ccc(S(C)(=O)=O)cc3s2)cc1. The first kappa shape index (κ1) is 17.3. The van der Waals surface area contributed by atoms with E-state index in [4.69, 9.17) is 0 Å². The first-order chi connectivity index (χ1) is 11.8. The zero-order chi connectivity index (χ0) is 18.0. The zero-order valence-electron chi connectivity index (χ0n) is 13.7. The van der Waals surface area contributed by atoms with E-state index in [0.29, 0.717) is 15.3 Å². The van der Waals surface area contributed by atoms with Crippen molar-refractivity contribution in [1.29, 1.82) is 0 Å². The highest BCUT2D eigenvalue weighted by molar-refractivity contribution is 7.90. The summed E-state index contributed by atoms with van der Waals surface area (Å²) in [4.78, 5) is 16.6. The molecule has 5 nitrogen and oxygen atoms in total. The van der Waals surface area contributed by atoms with Gasteiger partial charge in [0.15, 0.2) is 15.0 Å². The third kappa shape index (κ3) is 4.32. The summed E-state index contributed by atoms with van der Waals surface area (Å²) >= 11 is 1.24. The van der Waals surface area contributed by atoms with Gasteiger partial charge in [-0.05, 0) is 36.8 Å². The molecule has 1 N–H and O–H groups in total. The number of benzene rings is 2. The number of fused-ring (bicyclic) bond motifs is 1. The van der Waals surface area contributed by atoms with Crippen LogP contribution in [-0.2, 0) is 14.6 Å². The second-order valence-corrected chi connectivity index (χ2v) is 8.70. The molecule has 0 saturated heterocycles. The average Bonchev–Trinajstić information content (AvgIpc) is 2.94. The Balaban J connectivity index is 1.76. The highest BCUT2D eigenvalue weighted by Crippen LogP contribution is 2.28. The van der Waals surface area contributed by atoms with Crippen LogP contribution in [-0.4, -0.2) is 25.6 Å². The van der Waals surface area contributed by atoms with Crippen molar-refractivity contribution in [3.63, 3.8) is 0 Å². The number of sulfone groups is 1. The quantitative estimate of drug-likeness (QED) is 0.709. The molecule has 0 fully saturated rings. The first-order valence-corrected chi connectivity index (χ1v) is 10.2. The molecule has 0 atom stereocenters. The molecule has 2 aromatic carbocycles. The van der Waals surface area contributed by atoms with Crippen LogP contribution in [0.2, 0.25) is 0 Å². The van der Waals surface area contributed by atoms with Crippen LogP contribution in [0.25, 0.3) is 16.3 Å². The molecular weight excluding hydrogens is 356 g/mol. The monoisotopic (exact) mass is 372 g/mol. The Morgan fingerprint density at radius 2 is 1.88 bits per heavy atom. The minimum absolute atomic E-state index is 0.237. The fraction of sp³-hybridized carbons (Fsp3) is 0.111. The first-order valence-electron chi connectivity index (χ1n) is 7.48. The predicted molar refractivity (Wildman–Crippen MR) is 102 cm³/mol. The predicted octanol–water partition coefficient (Wildman–Crippen LogP) is 3.66. The minimum Gasteiger partial charge on any atom is -0.298 e. The molecule has 0 bridgehead atoms. The molecule has 1 amide bonds. The van der Waals surface area contributed by atoms with E-state index in [9.17, 15) is 13.2 Å². The minimum atomic E-state index is -3.27. The molecule has 7 heteroatoms. The lowest BCUT2D eigenvalue weighted by molar-refractivity contribution is -0.111. The van der Waals surface area contributed by atoms with E-state index in [2.05, 4.69) is 10.3 Å². The van der Waals surface area contributed by atoms with Crippen molar-refractivity contribution in [2.45, 2.75) is 11.8 Å². The maximum absolute atomic E-state index is 12.0. The molecular formula is C18H16N2O3S2. The van der Waals surface area contributed by atoms with Gasteiger partial charge in [-0.2, -0.15) is 0 Å². The van der Waals surface area contributed by atoms with Crippen LogP contribution in [0.5, 0.6) is 0 Å². The fourth-order valence-corrected chi connectivity index (χ4v) is 3.82. The number of nitrogens with zero attached hydrogens (tertiary/aromatic N) is 1. The molecule has 3 aromatic rings. The Morgan fingerprint density at radius 1 is 1.16 bits per heavy atom. The van der Waals surface area contributed by atoms with Gasteiger partial charge in [0.1, 0.15) is 0 Å². The number of aromatic nitrogens is 1. The van der Waals surface area contributed by atoms with E-state index >= 15 is 0 Å². The lowest BCUT2D eigenvalue weighted by atomic mass is 10.1. The molecule has 0 radical (unpaired) electrons. The van der Waals surface area contributed by atoms with E-state index < -0.39 is 9.84 Å². The number of nitrogens with one attached hydrogen (secondary N) is 1. The molecule has 0 aliphatic heterocycles. The van der Waals surface area contributed by atoms with Crippen molar-refractivity contribution < 1.29 is 13.2 Å². The van der Waals surface area contributed by atoms with Gasteiger partial charge < -0.3 is 0 Å². The van der Waals surface area contributed by atoms with Crippen LogP contribution in [0.1, 0.15) is 11.1 Å². The van der Waals surface area contributed by atoms with Crippen LogP contribution in [0.4, 0.5) is 5.13 Å². The van der Waals surface area contributed by atoms with Crippen LogP contribution < -0.4 is 5.32 Å². The number of amides is 1. The Kier molecular flexibility index (Phi) is 4.69. The second-order valence-electron chi connectivity index (χ2n) is 5.65. The third-order valence-corrected chi connectivity index (χ3v) is 5.57. The van der Waals surface area contributed by atoms with Gasteiger partial charge in [-0.3, -0.25) is 10.1 Å². The smallest absolute Gasteiger partial charge is 0.250 e. The molecule has 0 unspecified atom stereocenters. The maximum atomic E-state index is 12.0. The van der Waals surface area contributed by atoms with Gasteiger partial charge in [0.2, 0.25) is 5.91 Å². The van der Waals surface area contributed by atoms with Gasteiger partial charge in [0.25, 0.3) is 0 Å². The normalized spacial score (nSPS) is 11.9. The third-order valence-electron chi connectivity index (χ3n) is 3.52. The molecule has 1 heterocycles. The Bertz CT molecular complexity index is 1070. The van der Waals surface area contributed by atoms with Gasteiger partial charge >= 0.3 is 0 Å². The maximum Gasteiger partial charge on any atom is 0.250 e. The number of thiazole rings is 1. The second kappa shape index (κ2) is 6.78. The summed E-state index contributed by atoms with van der Waals surface area (Å²) in [6, 6.07) is 12.5. The molecule has 1 aromatic heterocycles. The summed E-state index contributed by atoms with van der Waals surface area (Å²) in [7, 11) is -3.27. The highest BCUT2D eigenvalue weighted by atomic mass is 32.2. The van der Waals surface area contributed by atoms with E-state index in [0.717, 1.165) is 17.4 Å². The Hall–Kier alpha value is -2.51. The molecule has 0 aliphatic rings. The highest BCUT2D eigenvalue weighted by Gasteiger charge is 2.11. The van der Waals surface area contributed by atoms with Crippen molar-refractivity contribution in [1.82, 2.24) is 4.98 Å². The van der Waals surface area contributed by atoms with Crippen LogP contribution in [0.3, 0.4) is 0 Å². The van der Waals surface area contributed by atoms with Crippen molar-refractivity contribution in [2.75, 3.05) is 11.6 Å². The van der Waals surface area contributed by atoms with Gasteiger partial charge in [-0.25, -0.2) is 13.4 Å². The summed E-state index contributed by atoms with van der Waals surface area (Å²) in [5, 5.41) is 3.13. The van der Waals surface area contributed by atoms with E-state index in [1.54, 1.807) is 18.2 Å². The number of carbonyl (C=O) groups is 1. The zero-order valence-corrected chi connectivity index (χ0v) is 15.3. The molecule has 128 valence electrons. The van der Waals surface area contributed by atoms with Crippen molar-refractivity contribution in [3.8, 4) is 0 Å². The van der Waals surface area contributed by atoms with E-state index in [1.807, 2.05) is 31.2 Å². The van der Waals surface area contributed by atoms with Crippen molar-refractivity contribution in [2.24, 2.45) is 0 Å². The summed E-state index contributed by atoms with van der Waals surface area (Å²) in [5.74, 6) is -0.289. The number of hydrogen-bond donors (Lipinski definition) is 1. The molecule has 25 heavy (non-hydrogen) atoms. The average molecular weight is 372 g/mol. The fourth-order valence-electron chi connectivity index (χ4n) is 2.19. The van der Waals surface area contributed by atoms with Crippen molar-refractivity contribution in [3.05, 3.63) is 59.7 Å². The standard InChI is InChI=1S/C18H16N2O3S2/c1-12-3-5-13(6-4-12)7-10-17(21)20-18-19-15-9-8-14(25(2,22)23)11-16(15)24-18/h3-11H,1-2H3,(H,19,20,21)/b10-7+. The summed E-state index contributed by atoms with van der Waals surface area (Å²) < 4.78 is 23.9. The van der Waals surface area contributed by atoms with Gasteiger partial charge in [0, 0.05) is 12.3 Å². The summed E-state index contributed by atoms with van der Waals surface area (Å²) in [6.45, 7) is 2.00. The van der Waals surface area contributed by atoms with E-state index in [1.165, 1.54) is 23.5 Å². The lowest BCUT2D eigenvalue weighted by Gasteiger charge is -1.96. The lowest BCUT2D eigenvalue weighted by Crippen LogP contribution is -2.07. The molecule has 0 aliphatic carbocycles. The topological polar surface area (TPSA) is 76.1 Å². The molecule has 3 rings (SSSR count). The van der Waals surface area contributed by atoms with Crippen LogP contribution >= 0.6 is 11.3 Å². The number of aryl methyl sites for hydroxylation is 1. The number of carbonyl (C=O) groups excluding carboxylic acids is 1. The van der Waals surface area contributed by atoms with Gasteiger partial charge in [-0.15, -0.1) is 0 Å². The van der Waals surface area contributed by atoms with E-state index in [-0.39, 0.29) is 10.8 Å².